The monoisotopic (exact) mass is 483 g/mol. The van der Waals surface area contributed by atoms with Gasteiger partial charge in [0.1, 0.15) is 0 Å². The van der Waals surface area contributed by atoms with Crippen molar-refractivity contribution in [2.75, 3.05) is 43.4 Å². The summed E-state index contributed by atoms with van der Waals surface area (Å²) >= 11 is 0. The summed E-state index contributed by atoms with van der Waals surface area (Å²) in [6, 6.07) is 16.4. The SMILES string of the molecule is CC(NC(=O)c1ccc2[nH]nc(NC(=O)c3ccc(N4CCN(C)CC4)cc3)c2c1)c1ccncc1. The first kappa shape index (κ1) is 23.5. The number of H-pyrrole nitrogens is 1. The van der Waals surface area contributed by atoms with Crippen LogP contribution in [0.2, 0.25) is 0 Å². The van der Waals surface area contributed by atoms with Gasteiger partial charge in [-0.1, -0.05) is 0 Å². The van der Waals surface area contributed by atoms with Crippen molar-refractivity contribution in [1.82, 2.24) is 25.4 Å². The van der Waals surface area contributed by atoms with Crippen LogP contribution in [0, 0.1) is 0 Å². The lowest BCUT2D eigenvalue weighted by Crippen LogP contribution is -2.44. The van der Waals surface area contributed by atoms with Crippen LogP contribution in [0.3, 0.4) is 0 Å². The van der Waals surface area contributed by atoms with Gasteiger partial charge in [0.2, 0.25) is 0 Å². The van der Waals surface area contributed by atoms with Crippen molar-refractivity contribution >= 4 is 34.2 Å². The number of fused-ring (bicyclic) bond motifs is 1. The topological polar surface area (TPSA) is 106 Å². The second-order valence-electron chi connectivity index (χ2n) is 9.10. The van der Waals surface area contributed by atoms with Gasteiger partial charge in [-0.05, 0) is 74.1 Å². The molecule has 4 aromatic rings. The zero-order valence-corrected chi connectivity index (χ0v) is 20.4. The van der Waals surface area contributed by atoms with E-state index >= 15 is 0 Å². The van der Waals surface area contributed by atoms with Gasteiger partial charge < -0.3 is 20.4 Å². The van der Waals surface area contributed by atoms with E-state index < -0.39 is 0 Å². The molecule has 9 heteroatoms. The molecule has 5 rings (SSSR count). The highest BCUT2D eigenvalue weighted by atomic mass is 16.2. The number of hydrogen-bond donors (Lipinski definition) is 3. The number of carbonyl (C=O) groups is 2. The predicted molar refractivity (Wildman–Crippen MR) is 140 cm³/mol. The van der Waals surface area contributed by atoms with Gasteiger partial charge >= 0.3 is 0 Å². The first-order chi connectivity index (χ1) is 17.5. The molecule has 3 N–H and O–H groups in total. The highest BCUT2D eigenvalue weighted by molar-refractivity contribution is 6.09. The minimum Gasteiger partial charge on any atom is -0.369 e. The molecule has 3 heterocycles. The third-order valence-corrected chi connectivity index (χ3v) is 6.61. The molecule has 1 atom stereocenters. The number of rotatable bonds is 6. The Kier molecular flexibility index (Phi) is 6.64. The maximum Gasteiger partial charge on any atom is 0.256 e. The summed E-state index contributed by atoms with van der Waals surface area (Å²) in [5.41, 5.74) is 3.84. The van der Waals surface area contributed by atoms with E-state index in [4.69, 9.17) is 0 Å². The lowest BCUT2D eigenvalue weighted by atomic mass is 10.1. The van der Waals surface area contributed by atoms with Crippen LogP contribution in [-0.2, 0) is 0 Å². The van der Waals surface area contributed by atoms with E-state index in [1.807, 2.05) is 43.3 Å². The smallest absolute Gasteiger partial charge is 0.256 e. The number of nitrogens with one attached hydrogen (secondary N) is 3. The first-order valence-corrected chi connectivity index (χ1v) is 12.0. The predicted octanol–water partition coefficient (Wildman–Crippen LogP) is 3.45. The Morgan fingerprint density at radius 2 is 1.61 bits per heavy atom. The van der Waals surface area contributed by atoms with E-state index in [0.717, 1.165) is 42.9 Å². The van der Waals surface area contributed by atoms with Crippen molar-refractivity contribution in [3.05, 3.63) is 83.7 Å². The molecular formula is C27H29N7O2. The zero-order valence-electron chi connectivity index (χ0n) is 20.4. The van der Waals surface area contributed by atoms with Crippen molar-refractivity contribution in [2.45, 2.75) is 13.0 Å². The molecule has 1 fully saturated rings. The van der Waals surface area contributed by atoms with E-state index in [2.05, 4.69) is 42.7 Å². The van der Waals surface area contributed by atoms with Crippen LogP contribution in [0.15, 0.2) is 67.0 Å². The van der Waals surface area contributed by atoms with Gasteiger partial charge in [-0.2, -0.15) is 5.10 Å². The quantitative estimate of drug-likeness (QED) is 0.388. The average Bonchev–Trinajstić information content (AvgIpc) is 3.31. The Morgan fingerprint density at radius 1 is 0.917 bits per heavy atom. The number of likely N-dealkylation sites (N-methyl/N-ethyl adjacent to an activating group) is 1. The fourth-order valence-electron chi connectivity index (χ4n) is 4.33. The molecular weight excluding hydrogens is 454 g/mol. The van der Waals surface area contributed by atoms with Crippen LogP contribution in [-0.4, -0.2) is 65.1 Å². The van der Waals surface area contributed by atoms with Gasteiger partial charge in [-0.3, -0.25) is 19.7 Å². The number of amides is 2. The Bertz CT molecular complexity index is 1360. The minimum atomic E-state index is -0.255. The van der Waals surface area contributed by atoms with E-state index in [1.165, 1.54) is 0 Å². The minimum absolute atomic E-state index is 0.173. The lowest BCUT2D eigenvalue weighted by Gasteiger charge is -2.34. The summed E-state index contributed by atoms with van der Waals surface area (Å²) in [6.07, 6.45) is 3.40. The molecule has 36 heavy (non-hydrogen) atoms. The highest BCUT2D eigenvalue weighted by Crippen LogP contribution is 2.24. The number of pyridine rings is 1. The molecule has 1 unspecified atom stereocenters. The summed E-state index contributed by atoms with van der Waals surface area (Å²) in [7, 11) is 2.13. The van der Waals surface area contributed by atoms with Gasteiger partial charge in [0.25, 0.3) is 11.8 Å². The Morgan fingerprint density at radius 3 is 2.33 bits per heavy atom. The summed E-state index contributed by atoms with van der Waals surface area (Å²) in [5, 5.41) is 13.7. The highest BCUT2D eigenvalue weighted by Gasteiger charge is 2.17. The van der Waals surface area contributed by atoms with Crippen LogP contribution >= 0.6 is 0 Å². The van der Waals surface area contributed by atoms with E-state index in [0.29, 0.717) is 22.3 Å². The van der Waals surface area contributed by atoms with Gasteiger partial charge in [-0.15, -0.1) is 0 Å². The molecule has 2 aromatic carbocycles. The van der Waals surface area contributed by atoms with Gasteiger partial charge in [0.05, 0.1) is 11.6 Å². The van der Waals surface area contributed by atoms with Gasteiger partial charge in [0.15, 0.2) is 5.82 Å². The van der Waals surface area contributed by atoms with Crippen LogP contribution < -0.4 is 15.5 Å². The van der Waals surface area contributed by atoms with Crippen molar-refractivity contribution in [2.24, 2.45) is 0 Å². The molecule has 184 valence electrons. The molecule has 1 aliphatic rings. The molecule has 9 nitrogen and oxygen atoms in total. The lowest BCUT2D eigenvalue weighted by molar-refractivity contribution is 0.0939. The van der Waals surface area contributed by atoms with Crippen molar-refractivity contribution < 1.29 is 9.59 Å². The molecule has 0 bridgehead atoms. The molecule has 1 saturated heterocycles. The largest absolute Gasteiger partial charge is 0.369 e. The Balaban J connectivity index is 1.28. The zero-order chi connectivity index (χ0) is 25.1. The number of aromatic amines is 1. The van der Waals surface area contributed by atoms with E-state index in [-0.39, 0.29) is 17.9 Å². The standard InChI is InChI=1S/C27H29N7O2/c1-18(19-9-11-28-12-10-19)29-27(36)21-5-8-24-23(17-21)25(32-31-24)30-26(35)20-3-6-22(7-4-20)34-15-13-33(2)14-16-34/h3-12,17-18H,13-16H2,1-2H3,(H,29,36)(H2,30,31,32,35). The van der Waals surface area contributed by atoms with Gasteiger partial charge in [0, 0.05) is 60.8 Å². The third-order valence-electron chi connectivity index (χ3n) is 6.61. The second kappa shape index (κ2) is 10.2. The number of benzene rings is 2. The normalized spacial score (nSPS) is 15.0. The van der Waals surface area contributed by atoms with Crippen LogP contribution in [0.5, 0.6) is 0 Å². The molecule has 2 aromatic heterocycles. The number of piperazine rings is 1. The summed E-state index contributed by atoms with van der Waals surface area (Å²) in [4.78, 5) is 34.5. The fraction of sp³-hybridized carbons (Fsp3) is 0.259. The average molecular weight is 484 g/mol. The van der Waals surface area contributed by atoms with E-state index in [9.17, 15) is 9.59 Å². The van der Waals surface area contributed by atoms with E-state index in [1.54, 1.807) is 30.6 Å². The Hall–Kier alpha value is -4.24. The fourth-order valence-corrected chi connectivity index (χ4v) is 4.33. The maximum absolute atomic E-state index is 12.9. The summed E-state index contributed by atoms with van der Waals surface area (Å²) in [6.45, 7) is 5.91. The van der Waals surface area contributed by atoms with Gasteiger partial charge in [-0.25, -0.2) is 0 Å². The number of carbonyl (C=O) groups excluding carboxylic acids is 2. The maximum atomic E-state index is 12.9. The number of nitrogens with zero attached hydrogens (tertiary/aromatic N) is 4. The number of aromatic nitrogens is 3. The molecule has 2 amide bonds. The van der Waals surface area contributed by atoms with Crippen LogP contribution in [0.1, 0.15) is 39.2 Å². The Labute approximate surface area is 209 Å². The number of hydrogen-bond acceptors (Lipinski definition) is 6. The third kappa shape index (κ3) is 5.06. The number of anilines is 2. The van der Waals surface area contributed by atoms with Crippen LogP contribution in [0.25, 0.3) is 10.9 Å². The molecule has 0 aliphatic carbocycles. The molecule has 0 radical (unpaired) electrons. The molecule has 1 aliphatic heterocycles. The van der Waals surface area contributed by atoms with Crippen molar-refractivity contribution in [3.63, 3.8) is 0 Å². The first-order valence-electron chi connectivity index (χ1n) is 12.0. The summed E-state index contributed by atoms with van der Waals surface area (Å²) < 4.78 is 0. The van der Waals surface area contributed by atoms with Crippen LogP contribution in [0.4, 0.5) is 11.5 Å². The van der Waals surface area contributed by atoms with Crippen molar-refractivity contribution in [1.29, 1.82) is 0 Å². The van der Waals surface area contributed by atoms with Crippen molar-refractivity contribution in [3.8, 4) is 0 Å². The molecule has 0 saturated carbocycles. The second-order valence-corrected chi connectivity index (χ2v) is 9.10. The summed E-state index contributed by atoms with van der Waals surface area (Å²) in [5.74, 6) is -0.0800. The molecule has 0 spiro atoms.